The number of benzene rings is 5. The maximum atomic E-state index is 14.6. The molecule has 0 radical (unpaired) electrons. The quantitative estimate of drug-likeness (QED) is 0.0891. The predicted octanol–water partition coefficient (Wildman–Crippen LogP) is 9.81. The van der Waals surface area contributed by atoms with Crippen LogP contribution >= 0.6 is 7.82 Å². The molecule has 2 aliphatic rings. The largest absolute Gasteiger partial charge is 0.497 e. The molecule has 10 heteroatoms. The number of amides is 1. The summed E-state index contributed by atoms with van der Waals surface area (Å²) in [5, 5.41) is 4.52. The minimum absolute atomic E-state index is 0.0152. The Morgan fingerprint density at radius 1 is 0.804 bits per heavy atom. The van der Waals surface area contributed by atoms with E-state index in [9.17, 15) is 9.36 Å². The van der Waals surface area contributed by atoms with Gasteiger partial charge >= 0.3 is 7.82 Å². The second kappa shape index (κ2) is 16.9. The van der Waals surface area contributed by atoms with Gasteiger partial charge in [-0.05, 0) is 78.1 Å². The lowest BCUT2D eigenvalue weighted by atomic mass is 9.91. The molecule has 1 aromatic heterocycles. The summed E-state index contributed by atoms with van der Waals surface area (Å²) in [4.78, 5) is 20.4. The number of nitrogens with zero attached hydrogens (tertiary/aromatic N) is 1. The molecule has 1 aliphatic heterocycles. The topological polar surface area (TPSA) is 102 Å². The molecule has 2 fully saturated rings. The molecule has 1 aliphatic carbocycles. The van der Waals surface area contributed by atoms with Gasteiger partial charge in [-0.3, -0.25) is 18.4 Å². The lowest BCUT2D eigenvalue weighted by molar-refractivity contribution is -0.124. The maximum Gasteiger partial charge on any atom is 0.475 e. The zero-order valence-corrected chi connectivity index (χ0v) is 32.6. The van der Waals surface area contributed by atoms with Crippen molar-refractivity contribution >= 4 is 30.3 Å². The van der Waals surface area contributed by atoms with E-state index in [2.05, 4.69) is 51.6 Å². The summed E-state index contributed by atoms with van der Waals surface area (Å²) in [5.74, 6) is 0.817. The number of carbonyl (C=O) groups excluding carboxylic acids is 1. The third kappa shape index (κ3) is 8.47. The molecule has 2 N–H and O–H groups in total. The number of anilines is 1. The summed E-state index contributed by atoms with van der Waals surface area (Å²) >= 11 is 0. The molecule has 1 saturated carbocycles. The minimum Gasteiger partial charge on any atom is -0.497 e. The number of methoxy groups -OCH3 is 1. The molecule has 1 saturated heterocycles. The molecular weight excluding hydrogens is 721 g/mol. The van der Waals surface area contributed by atoms with Crippen molar-refractivity contribution in [2.24, 2.45) is 0 Å². The lowest BCUT2D eigenvalue weighted by Gasteiger charge is -2.29. The molecule has 8 rings (SSSR count). The number of aromatic nitrogens is 1. The van der Waals surface area contributed by atoms with Gasteiger partial charge in [-0.1, -0.05) is 103 Å². The summed E-state index contributed by atoms with van der Waals surface area (Å²) in [6, 6.07) is 41.4. The molecule has 5 aromatic carbocycles. The summed E-state index contributed by atoms with van der Waals surface area (Å²) in [5.41, 5.74) is 7.22. The van der Waals surface area contributed by atoms with Crippen LogP contribution < -0.4 is 15.0 Å². The first-order valence-corrected chi connectivity index (χ1v) is 20.9. The van der Waals surface area contributed by atoms with Crippen LogP contribution in [0.3, 0.4) is 0 Å². The van der Waals surface area contributed by atoms with Gasteiger partial charge < -0.3 is 19.9 Å². The van der Waals surface area contributed by atoms with Gasteiger partial charge in [0.05, 0.1) is 38.4 Å². The normalized spacial score (nSPS) is 15.5. The highest BCUT2D eigenvalue weighted by atomic mass is 31.2. The Kier molecular flexibility index (Phi) is 11.4. The van der Waals surface area contributed by atoms with Gasteiger partial charge in [-0.2, -0.15) is 0 Å². The fourth-order valence-electron chi connectivity index (χ4n) is 7.67. The molecule has 1 unspecified atom stereocenters. The third-order valence-electron chi connectivity index (χ3n) is 11.0. The maximum absolute atomic E-state index is 14.6. The molecule has 9 nitrogen and oxygen atoms in total. The first kappa shape index (κ1) is 37.7. The van der Waals surface area contributed by atoms with Gasteiger partial charge in [-0.25, -0.2) is 4.57 Å². The van der Waals surface area contributed by atoms with Crippen molar-refractivity contribution in [1.29, 1.82) is 0 Å². The van der Waals surface area contributed by atoms with Crippen LogP contribution in [0.15, 0.2) is 134 Å². The monoisotopic (exact) mass is 769 g/mol. The summed E-state index contributed by atoms with van der Waals surface area (Å²) < 4.78 is 37.2. The number of nitrogens with one attached hydrogen (secondary N) is 2. The number of fused-ring (bicyclic) bond motifs is 1. The highest BCUT2D eigenvalue weighted by Gasteiger charge is 2.52. The molecule has 1 atom stereocenters. The highest BCUT2D eigenvalue weighted by molar-refractivity contribution is 7.48. The van der Waals surface area contributed by atoms with Crippen LogP contribution in [0, 0.1) is 0 Å². The van der Waals surface area contributed by atoms with Crippen LogP contribution in [0.5, 0.6) is 5.75 Å². The van der Waals surface area contributed by atoms with E-state index >= 15 is 0 Å². The zero-order chi connectivity index (χ0) is 38.4. The van der Waals surface area contributed by atoms with Crippen molar-refractivity contribution in [3.05, 3.63) is 167 Å². The van der Waals surface area contributed by atoms with Gasteiger partial charge in [0.1, 0.15) is 5.75 Å². The van der Waals surface area contributed by atoms with Crippen molar-refractivity contribution in [1.82, 2.24) is 10.3 Å². The number of phosphoric acid groups is 1. The van der Waals surface area contributed by atoms with Gasteiger partial charge in [0.2, 0.25) is 5.91 Å². The van der Waals surface area contributed by atoms with Crippen molar-refractivity contribution < 1.29 is 27.7 Å². The van der Waals surface area contributed by atoms with Crippen molar-refractivity contribution in [3.8, 4) is 5.75 Å². The van der Waals surface area contributed by atoms with E-state index in [0.29, 0.717) is 6.42 Å². The average Bonchev–Trinajstić information content (AvgIpc) is 3.68. The molecular formula is C46H48N3O6P. The predicted molar refractivity (Wildman–Crippen MR) is 220 cm³/mol. The molecule has 6 aromatic rings. The fraction of sp³-hybridized carbons (Fsp3) is 0.283. The van der Waals surface area contributed by atoms with Gasteiger partial charge in [0.25, 0.3) is 0 Å². The van der Waals surface area contributed by atoms with E-state index < -0.39 is 13.2 Å². The Morgan fingerprint density at radius 2 is 1.45 bits per heavy atom. The van der Waals surface area contributed by atoms with E-state index in [1.54, 1.807) is 7.11 Å². The summed E-state index contributed by atoms with van der Waals surface area (Å²) in [6.45, 7) is 2.25. The Morgan fingerprint density at radius 3 is 2.07 bits per heavy atom. The number of hydrogen-bond donors (Lipinski definition) is 2. The van der Waals surface area contributed by atoms with Gasteiger partial charge in [0, 0.05) is 47.5 Å². The van der Waals surface area contributed by atoms with Crippen LogP contribution in [0.4, 0.5) is 5.69 Å². The molecule has 2 heterocycles. The van der Waals surface area contributed by atoms with Crippen LogP contribution in [-0.2, 0) is 48.0 Å². The second-order valence-corrected chi connectivity index (χ2v) is 16.3. The van der Waals surface area contributed by atoms with Crippen molar-refractivity contribution in [3.63, 3.8) is 0 Å². The molecule has 0 spiro atoms. The zero-order valence-electron chi connectivity index (χ0n) is 31.7. The van der Waals surface area contributed by atoms with Crippen LogP contribution in [0.1, 0.15) is 65.1 Å². The van der Waals surface area contributed by atoms with E-state index in [1.165, 1.54) is 0 Å². The number of hydrogen-bond acceptors (Lipinski definition) is 7. The minimum atomic E-state index is -3.92. The Bertz CT molecular complexity index is 2240. The number of aromatic amines is 1. The van der Waals surface area contributed by atoms with Crippen molar-refractivity contribution in [2.45, 2.75) is 56.8 Å². The van der Waals surface area contributed by atoms with Crippen molar-refractivity contribution in [2.75, 3.05) is 31.7 Å². The average molecular weight is 770 g/mol. The first-order chi connectivity index (χ1) is 27.4. The van der Waals surface area contributed by atoms with E-state index in [-0.39, 0.29) is 31.8 Å². The van der Waals surface area contributed by atoms with E-state index in [0.717, 1.165) is 94.5 Å². The number of H-pyrrole nitrogens is 1. The number of rotatable bonds is 17. The smallest absolute Gasteiger partial charge is 0.475 e. The fourth-order valence-corrected chi connectivity index (χ4v) is 8.82. The van der Waals surface area contributed by atoms with Gasteiger partial charge in [0.15, 0.2) is 0 Å². The molecule has 288 valence electrons. The Hall–Kier alpha value is -5.18. The second-order valence-electron chi connectivity index (χ2n) is 14.6. The number of phosphoric ester groups is 1. The van der Waals surface area contributed by atoms with E-state index in [1.807, 2.05) is 97.2 Å². The highest BCUT2D eigenvalue weighted by Crippen LogP contribution is 2.52. The number of carbonyl (C=O) groups is 1. The third-order valence-corrected chi connectivity index (χ3v) is 12.4. The summed E-state index contributed by atoms with van der Waals surface area (Å²) in [6.07, 6.45) is 6.21. The molecule has 1 amide bonds. The SMILES string of the molecule is COc1ccc(C(NC(=O)C2(c3ccc4[nH]cc(CCOP(=O)(OCc5ccccc5)OCc5ccccc5)c4c3)CC2)c2ccccc2)c(N2CCCC2)c1. The van der Waals surface area contributed by atoms with Gasteiger partial charge in [-0.15, -0.1) is 0 Å². The lowest BCUT2D eigenvalue weighted by Crippen LogP contribution is -2.38. The van der Waals surface area contributed by atoms with Crippen LogP contribution in [0.2, 0.25) is 0 Å². The number of ether oxygens (including phenoxy) is 1. The first-order valence-electron chi connectivity index (χ1n) is 19.4. The Labute approximate surface area is 328 Å². The standard InChI is InChI=1S/C46H48N3O6P/c1-52-39-20-21-40(43(30-39)49-26-11-12-27-49)44(36-17-9-4-10-18-36)48-45(50)46(24-25-46)38-19-22-42-41(29-38)37(31-47-42)23-28-53-56(51,54-32-34-13-5-2-6-14-34)55-33-35-15-7-3-8-16-35/h2-10,13-22,29-31,44,47H,11-12,23-28,32-33H2,1H3,(H,48,50). The Balaban J connectivity index is 1.00. The summed E-state index contributed by atoms with van der Waals surface area (Å²) in [7, 11) is -2.23. The van der Waals surface area contributed by atoms with Crippen LogP contribution in [-0.4, -0.2) is 37.7 Å². The van der Waals surface area contributed by atoms with E-state index in [4.69, 9.17) is 18.3 Å². The molecule has 0 bridgehead atoms. The molecule has 56 heavy (non-hydrogen) atoms. The van der Waals surface area contributed by atoms with Crippen LogP contribution in [0.25, 0.3) is 10.9 Å².